The molecule has 1 aromatic rings. The van der Waals surface area contributed by atoms with Crippen molar-refractivity contribution >= 4 is 17.5 Å². The van der Waals surface area contributed by atoms with Crippen molar-refractivity contribution in [1.29, 1.82) is 0 Å². The van der Waals surface area contributed by atoms with Crippen LogP contribution < -0.4 is 5.32 Å². The molecular weight excluding hydrogens is 332 g/mol. The minimum Gasteiger partial charge on any atom is -0.384 e. The van der Waals surface area contributed by atoms with Gasteiger partial charge in [-0.15, -0.1) is 0 Å². The zero-order valence-corrected chi connectivity index (χ0v) is 16.0. The van der Waals surface area contributed by atoms with Crippen molar-refractivity contribution in [3.63, 3.8) is 0 Å². The summed E-state index contributed by atoms with van der Waals surface area (Å²) in [6, 6.07) is 7.14. The molecular formula is C20H28N2O4. The van der Waals surface area contributed by atoms with E-state index in [0.29, 0.717) is 30.3 Å². The van der Waals surface area contributed by atoms with Crippen LogP contribution in [0.3, 0.4) is 0 Å². The number of para-hydroxylation sites is 1. The summed E-state index contributed by atoms with van der Waals surface area (Å²) in [7, 11) is 3.19. The van der Waals surface area contributed by atoms with Crippen molar-refractivity contribution in [1.82, 2.24) is 4.90 Å². The van der Waals surface area contributed by atoms with Crippen LogP contribution in [0, 0.1) is 16.7 Å². The summed E-state index contributed by atoms with van der Waals surface area (Å²) in [4.78, 5) is 27.0. The second-order valence-electron chi connectivity index (χ2n) is 8.23. The molecule has 1 aliphatic carbocycles. The lowest BCUT2D eigenvalue weighted by Crippen LogP contribution is -2.55. The minimum absolute atomic E-state index is 0.0422. The highest BCUT2D eigenvalue weighted by Crippen LogP contribution is 2.62. The Balaban J connectivity index is 1.79. The molecule has 0 bridgehead atoms. The Morgan fingerprint density at radius 3 is 2.62 bits per heavy atom. The van der Waals surface area contributed by atoms with Gasteiger partial charge in [0, 0.05) is 32.7 Å². The average molecular weight is 360 g/mol. The number of rotatable bonds is 6. The largest absolute Gasteiger partial charge is 0.384 e. The number of benzene rings is 1. The van der Waals surface area contributed by atoms with Crippen LogP contribution in [-0.4, -0.2) is 57.2 Å². The number of nitrogens with one attached hydrogen (secondary N) is 1. The Morgan fingerprint density at radius 1 is 1.23 bits per heavy atom. The van der Waals surface area contributed by atoms with E-state index >= 15 is 0 Å². The van der Waals surface area contributed by atoms with Gasteiger partial charge in [0.2, 0.25) is 5.91 Å². The third-order valence-electron chi connectivity index (χ3n) is 5.82. The highest BCUT2D eigenvalue weighted by atomic mass is 16.5. The average Bonchev–Trinajstić information content (AvgIpc) is 2.90. The maximum absolute atomic E-state index is 13.2. The fourth-order valence-electron chi connectivity index (χ4n) is 5.03. The van der Waals surface area contributed by atoms with E-state index in [-0.39, 0.29) is 29.3 Å². The van der Waals surface area contributed by atoms with Crippen molar-refractivity contribution in [2.75, 3.05) is 45.8 Å². The zero-order valence-electron chi connectivity index (χ0n) is 16.0. The van der Waals surface area contributed by atoms with Gasteiger partial charge < -0.3 is 19.7 Å². The molecule has 2 fully saturated rings. The van der Waals surface area contributed by atoms with Crippen LogP contribution in [0.5, 0.6) is 0 Å². The first-order valence-corrected chi connectivity index (χ1v) is 8.99. The molecule has 3 rings (SSSR count). The van der Waals surface area contributed by atoms with Crippen molar-refractivity contribution in [3.8, 4) is 0 Å². The van der Waals surface area contributed by atoms with Gasteiger partial charge in [-0.3, -0.25) is 9.59 Å². The van der Waals surface area contributed by atoms with Crippen LogP contribution in [0.15, 0.2) is 24.3 Å². The van der Waals surface area contributed by atoms with Gasteiger partial charge >= 0.3 is 0 Å². The Hall–Kier alpha value is -1.92. The number of methoxy groups -OCH3 is 2. The molecule has 26 heavy (non-hydrogen) atoms. The molecule has 2 atom stereocenters. The summed E-state index contributed by atoms with van der Waals surface area (Å²) >= 11 is 0. The first kappa shape index (κ1) is 18.9. The van der Waals surface area contributed by atoms with E-state index in [4.69, 9.17) is 9.47 Å². The van der Waals surface area contributed by atoms with Crippen LogP contribution in [0.2, 0.25) is 0 Å². The number of anilines is 1. The number of hydrogen-bond donors (Lipinski definition) is 1. The van der Waals surface area contributed by atoms with E-state index < -0.39 is 0 Å². The zero-order chi connectivity index (χ0) is 18.9. The van der Waals surface area contributed by atoms with Crippen LogP contribution >= 0.6 is 0 Å². The molecule has 1 aromatic carbocycles. The van der Waals surface area contributed by atoms with E-state index in [2.05, 4.69) is 19.2 Å². The fourth-order valence-corrected chi connectivity index (χ4v) is 5.03. The van der Waals surface area contributed by atoms with Gasteiger partial charge in [-0.1, -0.05) is 26.0 Å². The molecule has 1 aliphatic heterocycles. The van der Waals surface area contributed by atoms with E-state index in [1.807, 2.05) is 17.0 Å². The summed E-state index contributed by atoms with van der Waals surface area (Å²) in [6.45, 7) is 6.59. The third kappa shape index (κ3) is 3.23. The summed E-state index contributed by atoms with van der Waals surface area (Å²) in [5.41, 5.74) is 1.32. The summed E-state index contributed by atoms with van der Waals surface area (Å²) in [5.74, 6) is 0.124. The Kier molecular flexibility index (Phi) is 5.08. The Bertz CT molecular complexity index is 703. The molecule has 1 saturated heterocycles. The first-order chi connectivity index (χ1) is 12.3. The Morgan fingerprint density at radius 2 is 1.96 bits per heavy atom. The fraction of sp³-hybridized carbons (Fsp3) is 0.600. The van der Waals surface area contributed by atoms with E-state index in [0.717, 1.165) is 13.0 Å². The van der Waals surface area contributed by atoms with Crippen molar-refractivity contribution in [3.05, 3.63) is 29.8 Å². The van der Waals surface area contributed by atoms with Crippen LogP contribution in [0.1, 0.15) is 30.6 Å². The van der Waals surface area contributed by atoms with Gasteiger partial charge in [0.25, 0.3) is 5.91 Å². The SMILES string of the molecule is COCC(=O)Nc1ccccc1C(=O)N1C[C@@H]2C(C)(C)C[C@]2(COC)C1. The highest BCUT2D eigenvalue weighted by Gasteiger charge is 2.63. The number of nitrogens with zero attached hydrogens (tertiary/aromatic N) is 1. The van der Waals surface area contributed by atoms with Crippen LogP contribution in [-0.2, 0) is 14.3 Å². The smallest absolute Gasteiger partial charge is 0.255 e. The number of hydrogen-bond acceptors (Lipinski definition) is 4. The van der Waals surface area contributed by atoms with Crippen LogP contribution in [0.4, 0.5) is 5.69 Å². The second-order valence-corrected chi connectivity index (χ2v) is 8.23. The van der Waals surface area contributed by atoms with Gasteiger partial charge in [-0.05, 0) is 29.9 Å². The van der Waals surface area contributed by atoms with Crippen molar-refractivity contribution < 1.29 is 19.1 Å². The minimum atomic E-state index is -0.272. The molecule has 0 aromatic heterocycles. The van der Waals surface area contributed by atoms with Gasteiger partial charge in [-0.25, -0.2) is 0 Å². The summed E-state index contributed by atoms with van der Waals surface area (Å²) in [6.07, 6.45) is 1.06. The molecule has 1 heterocycles. The molecule has 0 spiro atoms. The molecule has 6 nitrogen and oxygen atoms in total. The number of ether oxygens (including phenoxy) is 2. The number of carbonyl (C=O) groups is 2. The molecule has 2 amide bonds. The van der Waals surface area contributed by atoms with Crippen molar-refractivity contribution in [2.45, 2.75) is 20.3 Å². The molecule has 0 radical (unpaired) electrons. The molecule has 2 aliphatic rings. The highest BCUT2D eigenvalue weighted by molar-refractivity contribution is 6.04. The van der Waals surface area contributed by atoms with E-state index in [1.165, 1.54) is 7.11 Å². The van der Waals surface area contributed by atoms with Gasteiger partial charge in [0.15, 0.2) is 0 Å². The summed E-state index contributed by atoms with van der Waals surface area (Å²) < 4.78 is 10.3. The monoisotopic (exact) mass is 360 g/mol. The lowest BCUT2D eigenvalue weighted by atomic mass is 9.48. The maximum atomic E-state index is 13.2. The molecule has 142 valence electrons. The third-order valence-corrected chi connectivity index (χ3v) is 5.82. The normalized spacial score (nSPS) is 26.2. The number of amides is 2. The van der Waals surface area contributed by atoms with E-state index in [1.54, 1.807) is 19.2 Å². The molecule has 1 N–H and O–H groups in total. The molecule has 0 unspecified atom stereocenters. The summed E-state index contributed by atoms with van der Waals surface area (Å²) in [5, 5.41) is 2.77. The molecule has 1 saturated carbocycles. The lowest BCUT2D eigenvalue weighted by molar-refractivity contribution is -0.119. The number of fused-ring (bicyclic) bond motifs is 1. The topological polar surface area (TPSA) is 67.9 Å². The quantitative estimate of drug-likeness (QED) is 0.846. The van der Waals surface area contributed by atoms with Gasteiger partial charge in [-0.2, -0.15) is 0 Å². The lowest BCUT2D eigenvalue weighted by Gasteiger charge is -2.56. The predicted molar refractivity (Wildman–Crippen MR) is 99.0 cm³/mol. The van der Waals surface area contributed by atoms with E-state index in [9.17, 15) is 9.59 Å². The van der Waals surface area contributed by atoms with Gasteiger partial charge in [0.05, 0.1) is 17.9 Å². The van der Waals surface area contributed by atoms with Gasteiger partial charge in [0.1, 0.15) is 6.61 Å². The van der Waals surface area contributed by atoms with Crippen LogP contribution in [0.25, 0.3) is 0 Å². The Labute approximate surface area is 154 Å². The predicted octanol–water partition coefficient (Wildman–Crippen LogP) is 2.41. The molecule has 6 heteroatoms. The number of likely N-dealkylation sites (tertiary alicyclic amines) is 1. The first-order valence-electron chi connectivity index (χ1n) is 8.99. The maximum Gasteiger partial charge on any atom is 0.255 e. The second kappa shape index (κ2) is 7.00. The van der Waals surface area contributed by atoms with Crippen molar-refractivity contribution in [2.24, 2.45) is 16.7 Å². The standard InChI is InChI=1S/C20H28N2O4/c1-19(2)11-20(13-26-4)12-22(9-16(19)20)18(24)14-7-5-6-8-15(14)21-17(23)10-25-3/h5-8,16H,9-13H2,1-4H3,(H,21,23)/t16-,20-/m1/s1. The number of carbonyl (C=O) groups excluding carboxylic acids is 2.